The van der Waals surface area contributed by atoms with E-state index in [1.807, 2.05) is 0 Å². The maximum absolute atomic E-state index is 10.5. The maximum atomic E-state index is 10.5. The predicted octanol–water partition coefficient (Wildman–Crippen LogP) is 0.100. The molecule has 0 aliphatic heterocycles. The molecular formula is C3H10O3S. The molecule has 0 saturated heterocycles. The number of rotatable bonds is 1. The van der Waals surface area contributed by atoms with Crippen molar-refractivity contribution in [2.45, 2.75) is 0 Å². The lowest BCUT2D eigenvalue weighted by Crippen LogP contribution is -2.29. The Hall–Kier alpha value is 0.0700. The molecule has 0 spiro atoms. The molecule has 0 amide bonds. The second-order valence-electron chi connectivity index (χ2n) is 1.82. The fourth-order valence-corrected chi connectivity index (χ4v) is 0. The van der Waals surface area contributed by atoms with Gasteiger partial charge in [-0.2, -0.15) is 0 Å². The molecule has 0 fully saturated rings. The van der Waals surface area contributed by atoms with Gasteiger partial charge in [0.25, 0.3) is 0 Å². The largest absolute Gasteiger partial charge is 0.308 e. The summed E-state index contributed by atoms with van der Waals surface area (Å²) in [6.07, 6.45) is 2.30. The summed E-state index contributed by atoms with van der Waals surface area (Å²) < 4.78 is 23.3. The molecule has 0 radical (unpaired) electrons. The Morgan fingerprint density at radius 2 is 1.71 bits per heavy atom. The molecule has 0 bridgehead atoms. The Morgan fingerprint density at radius 3 is 1.71 bits per heavy atom. The van der Waals surface area contributed by atoms with E-state index >= 15 is 0 Å². The summed E-state index contributed by atoms with van der Waals surface area (Å²) in [5.74, 6) is 0. The van der Waals surface area contributed by atoms with Crippen LogP contribution >= 0.6 is 0 Å². The van der Waals surface area contributed by atoms with E-state index in [0.717, 1.165) is 12.5 Å². The lowest BCUT2D eigenvalue weighted by atomic mass is 11.8. The fourth-order valence-electron chi connectivity index (χ4n) is 0. The van der Waals surface area contributed by atoms with Crippen molar-refractivity contribution >= 4 is 9.63 Å². The predicted molar refractivity (Wildman–Crippen MR) is 29.6 cm³/mol. The molecule has 0 saturated carbocycles. The highest BCUT2D eigenvalue weighted by Crippen LogP contribution is 2.09. The monoisotopic (exact) mass is 126 g/mol. The highest BCUT2D eigenvalue weighted by Gasteiger charge is 2.15. The van der Waals surface area contributed by atoms with Gasteiger partial charge in [0.05, 0.1) is 16.7 Å². The molecule has 4 heteroatoms. The summed E-state index contributed by atoms with van der Waals surface area (Å²) in [5.41, 5.74) is 0. The van der Waals surface area contributed by atoms with E-state index < -0.39 is 9.63 Å². The van der Waals surface area contributed by atoms with Crippen molar-refractivity contribution in [3.63, 3.8) is 0 Å². The van der Waals surface area contributed by atoms with Crippen LogP contribution in [0.25, 0.3) is 0 Å². The summed E-state index contributed by atoms with van der Waals surface area (Å²) in [5, 5.41) is 0. The first-order chi connectivity index (χ1) is 2.81. The van der Waals surface area contributed by atoms with Gasteiger partial charge >= 0.3 is 0 Å². The quantitative estimate of drug-likeness (QED) is 0.542. The van der Waals surface area contributed by atoms with Gasteiger partial charge in [-0.25, -0.2) is 4.21 Å². The van der Waals surface area contributed by atoms with Crippen molar-refractivity contribution in [2.24, 2.45) is 0 Å². The topological polar surface area (TPSA) is 46.5 Å². The zero-order chi connectivity index (χ0) is 6.15. The molecular weight excluding hydrogens is 116 g/mol. The lowest BCUT2D eigenvalue weighted by Gasteiger charge is -2.23. The standard InChI is InChI=1S/C3H10O3S/c1-6-7(2,3,4)5/h1-3H3,(H,4,5). The van der Waals surface area contributed by atoms with E-state index in [-0.39, 0.29) is 0 Å². The van der Waals surface area contributed by atoms with E-state index in [1.54, 1.807) is 0 Å². The highest BCUT2D eigenvalue weighted by molar-refractivity contribution is 8.09. The van der Waals surface area contributed by atoms with Crippen molar-refractivity contribution in [1.29, 1.82) is 0 Å². The minimum Gasteiger partial charge on any atom is -0.308 e. The van der Waals surface area contributed by atoms with Crippen molar-refractivity contribution < 1.29 is 12.9 Å². The zero-order valence-electron chi connectivity index (χ0n) is 4.67. The second kappa shape index (κ2) is 1.27. The zero-order valence-corrected chi connectivity index (χ0v) is 5.49. The smallest absolute Gasteiger partial charge is 0.0791 e. The molecule has 7 heavy (non-hydrogen) atoms. The lowest BCUT2D eigenvalue weighted by molar-refractivity contribution is 0.340. The molecule has 46 valence electrons. The van der Waals surface area contributed by atoms with Crippen LogP contribution < -0.4 is 0 Å². The molecule has 0 atom stereocenters. The van der Waals surface area contributed by atoms with Crippen LogP contribution in [0, 0.1) is 0 Å². The Bertz CT molecular complexity index is 111. The van der Waals surface area contributed by atoms with Crippen LogP contribution in [0.1, 0.15) is 0 Å². The van der Waals surface area contributed by atoms with Gasteiger partial charge in [-0.3, -0.25) is 4.18 Å². The van der Waals surface area contributed by atoms with Crippen molar-refractivity contribution in [1.82, 2.24) is 0 Å². The average molecular weight is 126 g/mol. The van der Waals surface area contributed by atoms with Gasteiger partial charge in [0.15, 0.2) is 0 Å². The van der Waals surface area contributed by atoms with Crippen molar-refractivity contribution in [3.8, 4) is 0 Å². The third-order valence-corrected chi connectivity index (χ3v) is 1.43. The van der Waals surface area contributed by atoms with Crippen LogP contribution in [0.2, 0.25) is 0 Å². The van der Waals surface area contributed by atoms with E-state index in [4.69, 9.17) is 4.55 Å². The second-order valence-corrected chi connectivity index (χ2v) is 5.47. The third kappa shape index (κ3) is 6.07. The first-order valence-electron chi connectivity index (χ1n) is 1.74. The summed E-state index contributed by atoms with van der Waals surface area (Å²) in [6.45, 7) is 0. The van der Waals surface area contributed by atoms with E-state index in [1.165, 1.54) is 7.11 Å². The fraction of sp³-hybridized carbons (Fsp3) is 1.00. The van der Waals surface area contributed by atoms with Gasteiger partial charge in [0.1, 0.15) is 0 Å². The van der Waals surface area contributed by atoms with E-state index in [0.29, 0.717) is 0 Å². The molecule has 3 nitrogen and oxygen atoms in total. The average Bonchev–Trinajstić information content (AvgIpc) is 1.32. The summed E-state index contributed by atoms with van der Waals surface area (Å²) in [6, 6.07) is 0. The maximum Gasteiger partial charge on any atom is 0.0791 e. The minimum absolute atomic E-state index is 1.15. The Labute approximate surface area is 43.1 Å². The van der Waals surface area contributed by atoms with Gasteiger partial charge in [-0.1, -0.05) is 0 Å². The van der Waals surface area contributed by atoms with Gasteiger partial charge in [-0.15, -0.1) is 0 Å². The van der Waals surface area contributed by atoms with Crippen molar-refractivity contribution in [2.75, 3.05) is 19.6 Å². The molecule has 0 aliphatic rings. The summed E-state index contributed by atoms with van der Waals surface area (Å²) in [7, 11) is -2.41. The van der Waals surface area contributed by atoms with Crippen LogP contribution in [0.5, 0.6) is 0 Å². The van der Waals surface area contributed by atoms with Crippen LogP contribution in [0.4, 0.5) is 0 Å². The van der Waals surface area contributed by atoms with Crippen LogP contribution in [0.3, 0.4) is 0 Å². The first kappa shape index (κ1) is 7.07. The van der Waals surface area contributed by atoms with Crippen LogP contribution in [-0.4, -0.2) is 28.4 Å². The first-order valence-corrected chi connectivity index (χ1v) is 4.41. The summed E-state index contributed by atoms with van der Waals surface area (Å²) in [4.78, 5) is 0. The molecule has 0 unspecified atom stereocenters. The molecule has 0 aromatic heterocycles. The van der Waals surface area contributed by atoms with E-state index in [9.17, 15) is 4.21 Å². The number of hydrogen-bond acceptors (Lipinski definition) is 2. The number of hydrogen-bond donors (Lipinski definition) is 1. The molecule has 0 rings (SSSR count). The Balaban J connectivity index is 4.14. The Morgan fingerprint density at radius 1 is 1.57 bits per heavy atom. The van der Waals surface area contributed by atoms with E-state index in [2.05, 4.69) is 4.18 Å². The van der Waals surface area contributed by atoms with Crippen molar-refractivity contribution in [3.05, 3.63) is 0 Å². The normalized spacial score (nSPS) is 18.0. The van der Waals surface area contributed by atoms with Gasteiger partial charge in [0.2, 0.25) is 0 Å². The van der Waals surface area contributed by atoms with Gasteiger partial charge in [-0.05, 0) is 0 Å². The third-order valence-electron chi connectivity index (χ3n) is 0.476. The SMILES string of the molecule is COS(C)(C)(=O)O. The van der Waals surface area contributed by atoms with Crippen LogP contribution in [0.15, 0.2) is 0 Å². The minimum atomic E-state index is -3.62. The molecule has 0 aromatic carbocycles. The highest BCUT2D eigenvalue weighted by atomic mass is 32.3. The molecule has 1 N–H and O–H groups in total. The molecule has 0 heterocycles. The van der Waals surface area contributed by atoms with Crippen LogP contribution in [-0.2, 0) is 13.8 Å². The van der Waals surface area contributed by atoms with Gasteiger partial charge < -0.3 is 4.55 Å². The molecule has 0 aliphatic carbocycles. The van der Waals surface area contributed by atoms with Gasteiger partial charge in [0, 0.05) is 12.5 Å². The molecule has 0 aromatic rings. The summed E-state index contributed by atoms with van der Waals surface area (Å²) >= 11 is 0. The Kier molecular flexibility index (Phi) is 1.29.